The van der Waals surface area contributed by atoms with Crippen LogP contribution in [0.2, 0.25) is 0 Å². The average molecular weight is 580 g/mol. The number of thiazole rings is 1. The molecule has 0 bridgehead atoms. The van der Waals surface area contributed by atoms with E-state index in [0.29, 0.717) is 11.7 Å². The van der Waals surface area contributed by atoms with Crippen LogP contribution in [0, 0.1) is 18.8 Å². The van der Waals surface area contributed by atoms with E-state index in [2.05, 4.69) is 27.3 Å². The van der Waals surface area contributed by atoms with Crippen molar-refractivity contribution < 1.29 is 19.2 Å². The molecule has 0 aliphatic carbocycles. The Bertz CT molecular complexity index is 1340. The van der Waals surface area contributed by atoms with Crippen LogP contribution in [0.4, 0.5) is 5.82 Å². The first-order valence-corrected chi connectivity index (χ1v) is 15.5. The number of hydrogen-bond acceptors (Lipinski definition) is 8. The highest BCUT2D eigenvalue weighted by molar-refractivity contribution is 7.13. The van der Waals surface area contributed by atoms with Gasteiger partial charge in [0.25, 0.3) is 0 Å². The van der Waals surface area contributed by atoms with E-state index in [1.54, 1.807) is 11.3 Å². The standard InChI is InChI=1S/C31H41N5O4S/c1-18(2)28(26-15-27(34-40-26)35-12-10-19(3)11-13-35)31(39)36-16-24(37)14-25(36)30(38)33-20(4)22-6-8-23(9-7-22)29-21(5)32-17-41-29/h6-9,15,17-20,24-25,28,37H,10-14,16H2,1-5H3,(H,33,38)/t20-,24+,25-,28+/m0/s1. The van der Waals surface area contributed by atoms with Crippen molar-refractivity contribution in [2.75, 3.05) is 24.5 Å². The third-order valence-corrected chi connectivity index (χ3v) is 9.48. The molecule has 2 aliphatic rings. The molecule has 9 nitrogen and oxygen atoms in total. The lowest BCUT2D eigenvalue weighted by Crippen LogP contribution is -2.48. The molecule has 2 N–H and O–H groups in total. The number of nitrogens with zero attached hydrogens (tertiary/aromatic N) is 4. The van der Waals surface area contributed by atoms with Crippen molar-refractivity contribution in [3.05, 3.63) is 52.9 Å². The van der Waals surface area contributed by atoms with Gasteiger partial charge >= 0.3 is 0 Å². The maximum atomic E-state index is 13.9. The lowest BCUT2D eigenvalue weighted by Gasteiger charge is -2.30. The summed E-state index contributed by atoms with van der Waals surface area (Å²) >= 11 is 1.60. The van der Waals surface area contributed by atoms with Crippen LogP contribution in [0.1, 0.15) is 75.9 Å². The van der Waals surface area contributed by atoms with E-state index in [4.69, 9.17) is 4.52 Å². The van der Waals surface area contributed by atoms with Crippen molar-refractivity contribution in [2.24, 2.45) is 11.8 Å². The molecule has 4 heterocycles. The molecule has 0 saturated carbocycles. The molecular weight excluding hydrogens is 538 g/mol. The molecule has 0 spiro atoms. The Kier molecular flexibility index (Phi) is 8.79. The van der Waals surface area contributed by atoms with Crippen LogP contribution in [0.25, 0.3) is 10.4 Å². The molecule has 5 rings (SSSR count). The Labute approximate surface area is 245 Å². The number of aliphatic hydroxyl groups excluding tert-OH is 1. The van der Waals surface area contributed by atoms with Gasteiger partial charge in [-0.15, -0.1) is 11.3 Å². The second kappa shape index (κ2) is 12.3. The van der Waals surface area contributed by atoms with Gasteiger partial charge in [-0.2, -0.15) is 0 Å². The van der Waals surface area contributed by atoms with Gasteiger partial charge < -0.3 is 24.7 Å². The van der Waals surface area contributed by atoms with E-state index in [1.165, 1.54) is 4.90 Å². The largest absolute Gasteiger partial charge is 0.391 e. The minimum atomic E-state index is -0.764. The Hall–Kier alpha value is -3.24. The molecule has 2 amide bonds. The smallest absolute Gasteiger partial charge is 0.243 e. The van der Waals surface area contributed by atoms with E-state index >= 15 is 0 Å². The molecule has 10 heteroatoms. The first-order chi connectivity index (χ1) is 19.6. The summed E-state index contributed by atoms with van der Waals surface area (Å²) < 4.78 is 5.73. The fourth-order valence-electron chi connectivity index (χ4n) is 5.93. The number of carbonyl (C=O) groups is 2. The summed E-state index contributed by atoms with van der Waals surface area (Å²) in [4.78, 5) is 36.6. The van der Waals surface area contributed by atoms with Gasteiger partial charge in [-0.1, -0.05) is 50.2 Å². The summed E-state index contributed by atoms with van der Waals surface area (Å²) in [7, 11) is 0. The van der Waals surface area contributed by atoms with Crippen LogP contribution in [-0.4, -0.2) is 63.7 Å². The van der Waals surface area contributed by atoms with Gasteiger partial charge in [0.1, 0.15) is 12.0 Å². The van der Waals surface area contributed by atoms with Crippen molar-refractivity contribution >= 4 is 29.0 Å². The number of aromatic nitrogens is 2. The van der Waals surface area contributed by atoms with Crippen LogP contribution < -0.4 is 10.2 Å². The second-order valence-electron chi connectivity index (χ2n) is 12.0. The van der Waals surface area contributed by atoms with Crippen molar-refractivity contribution in [3.63, 3.8) is 0 Å². The van der Waals surface area contributed by atoms with E-state index in [-0.39, 0.29) is 36.7 Å². The fraction of sp³-hybridized carbons (Fsp3) is 0.548. The van der Waals surface area contributed by atoms with Crippen molar-refractivity contribution in [1.29, 1.82) is 0 Å². The summed E-state index contributed by atoms with van der Waals surface area (Å²) in [6, 6.07) is 8.94. The molecule has 1 aromatic carbocycles. The molecule has 0 unspecified atom stereocenters. The Morgan fingerprint density at radius 2 is 1.85 bits per heavy atom. The Morgan fingerprint density at radius 1 is 1.15 bits per heavy atom. The number of hydrogen-bond donors (Lipinski definition) is 2. The zero-order chi connectivity index (χ0) is 29.3. The Balaban J connectivity index is 1.27. The van der Waals surface area contributed by atoms with Crippen LogP contribution in [-0.2, 0) is 9.59 Å². The lowest BCUT2D eigenvalue weighted by atomic mass is 9.91. The van der Waals surface area contributed by atoms with E-state index in [9.17, 15) is 14.7 Å². The normalized spacial score (nSPS) is 21.3. The lowest BCUT2D eigenvalue weighted by molar-refractivity contribution is -0.141. The van der Waals surface area contributed by atoms with Crippen molar-refractivity contribution in [3.8, 4) is 10.4 Å². The van der Waals surface area contributed by atoms with Crippen LogP contribution >= 0.6 is 11.3 Å². The first kappa shape index (κ1) is 29.3. The quantitative estimate of drug-likeness (QED) is 0.390. The summed E-state index contributed by atoms with van der Waals surface area (Å²) in [5.74, 6) is 0.792. The number of β-amino-alcohol motifs (C(OH)–C–C–N with tert-alkyl or cyclic N) is 1. The number of likely N-dealkylation sites (tertiary alicyclic amines) is 1. The zero-order valence-corrected chi connectivity index (χ0v) is 25.4. The third kappa shape index (κ3) is 6.33. The van der Waals surface area contributed by atoms with Gasteiger partial charge in [0.15, 0.2) is 11.6 Å². The number of benzene rings is 1. The summed E-state index contributed by atoms with van der Waals surface area (Å²) in [6.45, 7) is 12.1. The summed E-state index contributed by atoms with van der Waals surface area (Å²) in [5.41, 5.74) is 4.89. The molecule has 3 aromatic rings. The molecule has 2 aromatic heterocycles. The number of aliphatic hydroxyl groups is 1. The number of rotatable bonds is 8. The molecule has 41 heavy (non-hydrogen) atoms. The van der Waals surface area contributed by atoms with Gasteiger partial charge in [0.05, 0.1) is 28.2 Å². The average Bonchev–Trinajstić information content (AvgIpc) is 3.69. The maximum absolute atomic E-state index is 13.9. The monoisotopic (exact) mass is 579 g/mol. The third-order valence-electron chi connectivity index (χ3n) is 8.50. The number of carbonyl (C=O) groups excluding carboxylic acids is 2. The molecular formula is C31H41N5O4S. The second-order valence-corrected chi connectivity index (χ2v) is 12.8. The minimum Gasteiger partial charge on any atom is -0.391 e. The van der Waals surface area contributed by atoms with E-state index in [1.807, 2.05) is 63.5 Å². The van der Waals surface area contributed by atoms with Gasteiger partial charge in [0.2, 0.25) is 11.8 Å². The molecule has 2 saturated heterocycles. The maximum Gasteiger partial charge on any atom is 0.243 e. The topological polar surface area (TPSA) is 112 Å². The number of aryl methyl sites for hydroxylation is 1. The zero-order valence-electron chi connectivity index (χ0n) is 24.5. The number of nitrogens with one attached hydrogen (secondary N) is 1. The van der Waals surface area contributed by atoms with Crippen LogP contribution in [0.5, 0.6) is 0 Å². The number of piperidine rings is 1. The van der Waals surface area contributed by atoms with E-state index in [0.717, 1.165) is 53.4 Å². The highest BCUT2D eigenvalue weighted by Gasteiger charge is 2.43. The minimum absolute atomic E-state index is 0.0780. The predicted octanol–water partition coefficient (Wildman–Crippen LogP) is 4.92. The van der Waals surface area contributed by atoms with Gasteiger partial charge in [-0.3, -0.25) is 9.59 Å². The molecule has 2 aliphatic heterocycles. The highest BCUT2D eigenvalue weighted by Crippen LogP contribution is 2.34. The van der Waals surface area contributed by atoms with Crippen molar-refractivity contribution in [2.45, 2.75) is 78.0 Å². The van der Waals surface area contributed by atoms with Gasteiger partial charge in [-0.05, 0) is 49.7 Å². The number of anilines is 1. The van der Waals surface area contributed by atoms with Gasteiger partial charge in [0, 0.05) is 32.1 Å². The van der Waals surface area contributed by atoms with Gasteiger partial charge in [-0.25, -0.2) is 4.98 Å². The van der Waals surface area contributed by atoms with Crippen molar-refractivity contribution in [1.82, 2.24) is 20.4 Å². The predicted molar refractivity (Wildman–Crippen MR) is 160 cm³/mol. The SMILES string of the molecule is Cc1ncsc1-c1ccc([C@H](C)NC(=O)[C@@H]2C[C@@H](O)CN2C(=O)[C@@H](c2cc(N3CCC(C)CC3)no2)C(C)C)cc1. The molecule has 220 valence electrons. The van der Waals surface area contributed by atoms with Crippen LogP contribution in [0.15, 0.2) is 40.4 Å². The molecule has 2 fully saturated rings. The summed E-state index contributed by atoms with van der Waals surface area (Å²) in [6.07, 6.45) is 1.64. The number of amides is 2. The Morgan fingerprint density at radius 3 is 2.49 bits per heavy atom. The summed E-state index contributed by atoms with van der Waals surface area (Å²) in [5, 5.41) is 17.9. The fourth-order valence-corrected chi connectivity index (χ4v) is 6.74. The molecule has 0 radical (unpaired) electrons. The van der Waals surface area contributed by atoms with Crippen LogP contribution in [0.3, 0.4) is 0 Å². The first-order valence-electron chi connectivity index (χ1n) is 14.6. The van der Waals surface area contributed by atoms with E-state index < -0.39 is 18.1 Å². The molecule has 4 atom stereocenters. The highest BCUT2D eigenvalue weighted by atomic mass is 32.1.